The third kappa shape index (κ3) is 2.85. The smallest absolute Gasteiger partial charge is 0.256 e. The number of piperidine rings is 1. The molecule has 132 valence electrons. The minimum Gasteiger partial charge on any atom is -0.365 e. The summed E-state index contributed by atoms with van der Waals surface area (Å²) >= 11 is 0. The molecule has 1 saturated heterocycles. The zero-order valence-corrected chi connectivity index (χ0v) is 13.6. The molecule has 2 N–H and O–H groups in total. The van der Waals surface area contributed by atoms with Crippen molar-refractivity contribution in [1.82, 2.24) is 19.9 Å². The van der Waals surface area contributed by atoms with E-state index in [2.05, 4.69) is 26.8 Å². The zero-order chi connectivity index (χ0) is 17.6. The molecule has 6 nitrogen and oxygen atoms in total. The summed E-state index contributed by atoms with van der Waals surface area (Å²) < 4.78 is 27.1. The maximum absolute atomic E-state index is 13.5. The number of nitrogens with zero attached hydrogens (tertiary/aromatic N) is 3. The van der Waals surface area contributed by atoms with Gasteiger partial charge in [-0.25, -0.2) is 18.7 Å². The molecule has 0 spiro atoms. The molecule has 2 aliphatic rings. The molecule has 8 heteroatoms. The number of fused-ring (bicyclic) bond motifs is 1. The average molecular weight is 347 g/mol. The van der Waals surface area contributed by atoms with Gasteiger partial charge in [0.1, 0.15) is 17.8 Å². The Kier molecular flexibility index (Phi) is 3.70. The molecule has 25 heavy (non-hydrogen) atoms. The Morgan fingerprint density at radius 1 is 1.48 bits per heavy atom. The predicted octanol–water partition coefficient (Wildman–Crippen LogP) is 2.67. The number of aromatic amines is 1. The second-order valence-electron chi connectivity index (χ2n) is 6.68. The van der Waals surface area contributed by atoms with E-state index in [4.69, 9.17) is 0 Å². The molecule has 1 aliphatic carbocycles. The van der Waals surface area contributed by atoms with Crippen LogP contribution in [0.3, 0.4) is 0 Å². The van der Waals surface area contributed by atoms with Crippen molar-refractivity contribution in [1.29, 1.82) is 0 Å². The second-order valence-corrected chi connectivity index (χ2v) is 6.68. The fourth-order valence-corrected chi connectivity index (χ4v) is 3.54. The molecule has 2 atom stereocenters. The molecule has 2 aromatic rings. The van der Waals surface area contributed by atoms with Gasteiger partial charge >= 0.3 is 0 Å². The Morgan fingerprint density at radius 3 is 3.00 bits per heavy atom. The number of H-pyrrole nitrogens is 1. The molecule has 2 unspecified atom stereocenters. The highest BCUT2D eigenvalue weighted by atomic mass is 19.3. The molecule has 4 rings (SSSR count). The number of hydrogen-bond acceptors (Lipinski definition) is 4. The van der Waals surface area contributed by atoms with Crippen molar-refractivity contribution in [2.75, 3.05) is 18.4 Å². The maximum atomic E-state index is 13.5. The van der Waals surface area contributed by atoms with Gasteiger partial charge in [-0.15, -0.1) is 0 Å². The summed E-state index contributed by atoms with van der Waals surface area (Å²) in [6.07, 6.45) is 5.93. The van der Waals surface area contributed by atoms with Crippen LogP contribution in [0, 0.1) is 0 Å². The van der Waals surface area contributed by atoms with Crippen LogP contribution >= 0.6 is 0 Å². The summed E-state index contributed by atoms with van der Waals surface area (Å²) in [6, 6.07) is 0.0122. The van der Waals surface area contributed by atoms with E-state index < -0.39 is 11.8 Å². The van der Waals surface area contributed by atoms with Crippen molar-refractivity contribution in [2.45, 2.75) is 37.1 Å². The number of carbonyl (C=O) groups is 1. The van der Waals surface area contributed by atoms with E-state index in [1.54, 1.807) is 11.1 Å². The van der Waals surface area contributed by atoms with Crippen molar-refractivity contribution in [2.24, 2.45) is 0 Å². The number of rotatable bonds is 4. The minimum absolute atomic E-state index is 0.0122. The lowest BCUT2D eigenvalue weighted by molar-refractivity contribution is -0.127. The largest absolute Gasteiger partial charge is 0.365 e. The summed E-state index contributed by atoms with van der Waals surface area (Å²) in [5.74, 6) is -2.99. The van der Waals surface area contributed by atoms with E-state index in [9.17, 15) is 13.6 Å². The van der Waals surface area contributed by atoms with Gasteiger partial charge in [0.05, 0.1) is 11.3 Å². The fourth-order valence-electron chi connectivity index (χ4n) is 3.54. The first-order valence-corrected chi connectivity index (χ1v) is 8.37. The molecule has 0 radical (unpaired) electrons. The van der Waals surface area contributed by atoms with Crippen LogP contribution in [-0.4, -0.2) is 50.8 Å². The third-order valence-corrected chi connectivity index (χ3v) is 4.95. The van der Waals surface area contributed by atoms with Gasteiger partial charge in [0, 0.05) is 31.7 Å². The number of alkyl halides is 2. The van der Waals surface area contributed by atoms with Gasteiger partial charge in [0.15, 0.2) is 0 Å². The van der Waals surface area contributed by atoms with Crippen LogP contribution in [0.1, 0.15) is 30.7 Å². The molecule has 1 saturated carbocycles. The highest BCUT2D eigenvalue weighted by Crippen LogP contribution is 2.57. The van der Waals surface area contributed by atoms with Gasteiger partial charge < -0.3 is 15.2 Å². The van der Waals surface area contributed by atoms with Gasteiger partial charge in [-0.2, -0.15) is 0 Å². The molecule has 2 fully saturated rings. The number of carbonyl (C=O) groups excluding carboxylic acids is 1. The molecular weight excluding hydrogens is 328 g/mol. The summed E-state index contributed by atoms with van der Waals surface area (Å²) in [5.41, 5.74) is 1.10. The van der Waals surface area contributed by atoms with Crippen molar-refractivity contribution >= 4 is 22.8 Å². The topological polar surface area (TPSA) is 73.9 Å². The maximum Gasteiger partial charge on any atom is 0.256 e. The van der Waals surface area contributed by atoms with E-state index >= 15 is 0 Å². The molecule has 1 amide bonds. The lowest BCUT2D eigenvalue weighted by Crippen LogP contribution is -2.44. The van der Waals surface area contributed by atoms with Crippen LogP contribution in [0.5, 0.6) is 0 Å². The summed E-state index contributed by atoms with van der Waals surface area (Å²) in [6.45, 7) is 4.76. The molecular formula is C17H19F2N5O. The van der Waals surface area contributed by atoms with E-state index in [-0.39, 0.29) is 18.4 Å². The third-order valence-electron chi connectivity index (χ3n) is 4.95. The highest BCUT2D eigenvalue weighted by Gasteiger charge is 2.58. The monoisotopic (exact) mass is 347 g/mol. The standard InChI is InChI=1S/C17H19F2N5O/c1-2-13(25)24-5-3-4-10(8-24)23-16-14-11(12-6-17(12,18)19)7-20-15(14)21-9-22-16/h2,7,9-10,12H,1,3-6,8H2,(H2,20,21,22,23). The van der Waals surface area contributed by atoms with Gasteiger partial charge in [-0.1, -0.05) is 6.58 Å². The number of anilines is 1. The first kappa shape index (κ1) is 16.0. The molecule has 2 aromatic heterocycles. The molecule has 3 heterocycles. The lowest BCUT2D eigenvalue weighted by Gasteiger charge is -2.32. The molecule has 0 aromatic carbocycles. The SMILES string of the molecule is C=CC(=O)N1CCCC(Nc2ncnc3[nH]cc(C4CC4(F)F)c23)C1. The van der Waals surface area contributed by atoms with Gasteiger partial charge in [0.2, 0.25) is 5.91 Å². The Balaban J connectivity index is 1.60. The quantitative estimate of drug-likeness (QED) is 0.834. The Morgan fingerprint density at radius 2 is 2.28 bits per heavy atom. The van der Waals surface area contributed by atoms with Crippen molar-refractivity contribution in [3.05, 3.63) is 30.7 Å². The van der Waals surface area contributed by atoms with Crippen LogP contribution in [0.4, 0.5) is 14.6 Å². The number of halogens is 2. The normalized spacial score (nSPS) is 25.0. The predicted molar refractivity (Wildman–Crippen MR) is 89.6 cm³/mol. The minimum atomic E-state index is -2.65. The van der Waals surface area contributed by atoms with Crippen LogP contribution in [0.2, 0.25) is 0 Å². The van der Waals surface area contributed by atoms with Gasteiger partial charge in [-0.3, -0.25) is 4.79 Å². The van der Waals surface area contributed by atoms with Crippen LogP contribution in [0.25, 0.3) is 11.0 Å². The average Bonchev–Trinajstić information content (AvgIpc) is 3.04. The summed E-state index contributed by atoms with van der Waals surface area (Å²) in [4.78, 5) is 24.9. The van der Waals surface area contributed by atoms with E-state index in [1.165, 1.54) is 12.4 Å². The summed E-state index contributed by atoms with van der Waals surface area (Å²) in [5, 5.41) is 3.95. The first-order valence-electron chi connectivity index (χ1n) is 8.37. The Labute approximate surface area is 143 Å². The zero-order valence-electron chi connectivity index (χ0n) is 13.6. The van der Waals surface area contributed by atoms with E-state index in [1.807, 2.05) is 0 Å². The number of aromatic nitrogens is 3. The fraction of sp³-hybridized carbons (Fsp3) is 0.471. The number of likely N-dealkylation sites (tertiary alicyclic amines) is 1. The second kappa shape index (κ2) is 5.79. The van der Waals surface area contributed by atoms with Gasteiger partial charge in [0.25, 0.3) is 5.92 Å². The van der Waals surface area contributed by atoms with Crippen molar-refractivity contribution in [3.63, 3.8) is 0 Å². The molecule has 0 bridgehead atoms. The molecule has 1 aliphatic heterocycles. The van der Waals surface area contributed by atoms with Crippen molar-refractivity contribution in [3.8, 4) is 0 Å². The lowest BCUT2D eigenvalue weighted by atomic mass is 10.0. The first-order chi connectivity index (χ1) is 12.0. The number of nitrogens with one attached hydrogen (secondary N) is 2. The number of hydrogen-bond donors (Lipinski definition) is 2. The number of amides is 1. The van der Waals surface area contributed by atoms with E-state index in [0.29, 0.717) is 35.5 Å². The van der Waals surface area contributed by atoms with Crippen LogP contribution < -0.4 is 5.32 Å². The van der Waals surface area contributed by atoms with Crippen molar-refractivity contribution < 1.29 is 13.6 Å². The van der Waals surface area contributed by atoms with E-state index in [0.717, 1.165) is 12.8 Å². The van der Waals surface area contributed by atoms with Gasteiger partial charge in [-0.05, 0) is 24.5 Å². The van der Waals surface area contributed by atoms with Crippen LogP contribution in [0.15, 0.2) is 25.2 Å². The Hall–Kier alpha value is -2.51. The highest BCUT2D eigenvalue weighted by molar-refractivity contribution is 5.91. The Bertz CT molecular complexity index is 834. The van der Waals surface area contributed by atoms with Crippen LogP contribution in [-0.2, 0) is 4.79 Å². The summed E-state index contributed by atoms with van der Waals surface area (Å²) in [7, 11) is 0.